The van der Waals surface area contributed by atoms with Gasteiger partial charge in [0.25, 0.3) is 0 Å². The van der Waals surface area contributed by atoms with Crippen LogP contribution in [0.1, 0.15) is 48.6 Å². The van der Waals surface area contributed by atoms with Gasteiger partial charge in [0.2, 0.25) is 0 Å². The Balaban J connectivity index is 2.36. The molecule has 2 aromatic carbocycles. The molecule has 0 radical (unpaired) electrons. The van der Waals surface area contributed by atoms with Crippen molar-refractivity contribution < 1.29 is 26.3 Å². The van der Waals surface area contributed by atoms with E-state index in [1.54, 1.807) is 60.7 Å². The molecule has 0 aliphatic carbocycles. The van der Waals surface area contributed by atoms with Crippen molar-refractivity contribution in [2.24, 2.45) is 0 Å². The smallest absolute Gasteiger partial charge is 0.171 e. The van der Waals surface area contributed by atoms with E-state index in [-0.39, 0.29) is 12.8 Å². The Kier molecular flexibility index (Phi) is 6.73. The summed E-state index contributed by atoms with van der Waals surface area (Å²) >= 11 is 0. The number of benzene rings is 2. The second-order valence-electron chi connectivity index (χ2n) is 6.34. The van der Waals surface area contributed by atoms with Crippen LogP contribution in [0.3, 0.4) is 0 Å². The highest BCUT2D eigenvalue weighted by Crippen LogP contribution is 2.43. The molecule has 0 saturated carbocycles. The van der Waals surface area contributed by atoms with Gasteiger partial charge in [-0.25, -0.2) is 0 Å². The lowest BCUT2D eigenvalue weighted by atomic mass is 9.76. The van der Waals surface area contributed by atoms with E-state index in [9.17, 15) is 26.3 Å². The van der Waals surface area contributed by atoms with Crippen LogP contribution in [0.4, 0.5) is 26.3 Å². The van der Waals surface area contributed by atoms with Crippen molar-refractivity contribution in [2.45, 2.75) is 49.9 Å². The van der Waals surface area contributed by atoms with Crippen molar-refractivity contribution in [3.05, 3.63) is 71.8 Å². The van der Waals surface area contributed by atoms with Gasteiger partial charge in [0, 0.05) is 12.8 Å². The molecule has 0 nitrogen and oxygen atoms in total. The summed E-state index contributed by atoms with van der Waals surface area (Å²) in [5.41, 5.74) is 1.26. The minimum atomic E-state index is -4.35. The Morgan fingerprint density at radius 3 is 1.12 bits per heavy atom. The first-order valence-electron chi connectivity index (χ1n) is 8.39. The maximum atomic E-state index is 12.8. The van der Waals surface area contributed by atoms with Crippen LogP contribution in [0.2, 0.25) is 0 Å². The third-order valence-corrected chi connectivity index (χ3v) is 4.42. The predicted octanol–water partition coefficient (Wildman–Crippen LogP) is 7.24. The van der Waals surface area contributed by atoms with Crippen LogP contribution in [0.25, 0.3) is 0 Å². The van der Waals surface area contributed by atoms with E-state index >= 15 is 0 Å². The summed E-state index contributed by atoms with van der Waals surface area (Å²) in [6.45, 7) is 0. The summed E-state index contributed by atoms with van der Waals surface area (Å²) < 4.78 is 76.8. The number of halogens is 6. The number of hydrogen-bond acceptors (Lipinski definition) is 0. The van der Waals surface area contributed by atoms with Gasteiger partial charge in [0.05, 0.1) is 0 Å². The Bertz CT molecular complexity index is 586. The Hall–Kier alpha value is -1.98. The second kappa shape index (κ2) is 8.60. The molecular weight excluding hydrogens is 354 g/mol. The Morgan fingerprint density at radius 1 is 0.538 bits per heavy atom. The molecule has 2 unspecified atom stereocenters. The van der Waals surface area contributed by atoms with E-state index in [0.29, 0.717) is 11.1 Å². The molecular formula is C20H20F6. The first-order valence-corrected chi connectivity index (χ1v) is 8.39. The van der Waals surface area contributed by atoms with Crippen molar-refractivity contribution in [2.75, 3.05) is 0 Å². The molecule has 142 valence electrons. The largest absolute Gasteiger partial charge is 0.389 e. The molecule has 2 atom stereocenters. The zero-order valence-electron chi connectivity index (χ0n) is 14.0. The van der Waals surface area contributed by atoms with Gasteiger partial charge in [-0.1, -0.05) is 60.7 Å². The lowest BCUT2D eigenvalue weighted by Gasteiger charge is -2.29. The average molecular weight is 374 g/mol. The van der Waals surface area contributed by atoms with Crippen LogP contribution in [0.5, 0.6) is 0 Å². The molecule has 0 aromatic heterocycles. The summed E-state index contributed by atoms with van der Waals surface area (Å²) in [5, 5.41) is 0. The topological polar surface area (TPSA) is 0 Å². The highest BCUT2D eigenvalue weighted by Gasteiger charge is 2.35. The maximum Gasteiger partial charge on any atom is 0.389 e. The number of alkyl halides is 6. The molecule has 0 bridgehead atoms. The molecule has 0 saturated heterocycles. The highest BCUT2D eigenvalue weighted by atomic mass is 19.4. The zero-order valence-corrected chi connectivity index (χ0v) is 14.0. The lowest BCUT2D eigenvalue weighted by Crippen LogP contribution is -2.18. The van der Waals surface area contributed by atoms with E-state index in [1.165, 1.54) is 0 Å². The fraction of sp³-hybridized carbons (Fsp3) is 0.400. The van der Waals surface area contributed by atoms with E-state index in [2.05, 4.69) is 0 Å². The molecule has 0 amide bonds. The monoisotopic (exact) mass is 374 g/mol. The quantitative estimate of drug-likeness (QED) is 0.448. The van der Waals surface area contributed by atoms with Gasteiger partial charge in [-0.2, -0.15) is 26.3 Å². The summed E-state index contributed by atoms with van der Waals surface area (Å²) in [6, 6.07) is 17.0. The van der Waals surface area contributed by atoms with Crippen LogP contribution in [0.15, 0.2) is 60.7 Å². The fourth-order valence-electron chi connectivity index (χ4n) is 3.24. The first kappa shape index (κ1) is 20.3. The molecule has 0 spiro atoms. The SMILES string of the molecule is FC(F)(F)CCC(c1ccccc1)C(CCC(F)(F)F)c1ccccc1. The third kappa shape index (κ3) is 6.73. The second-order valence-corrected chi connectivity index (χ2v) is 6.34. The summed E-state index contributed by atoms with van der Waals surface area (Å²) in [6.07, 6.45) is -11.2. The van der Waals surface area contributed by atoms with Crippen molar-refractivity contribution in [1.29, 1.82) is 0 Å². The summed E-state index contributed by atoms with van der Waals surface area (Å²) in [4.78, 5) is 0. The Labute approximate surface area is 148 Å². The van der Waals surface area contributed by atoms with Gasteiger partial charge in [-0.3, -0.25) is 0 Å². The van der Waals surface area contributed by atoms with E-state index in [1.807, 2.05) is 0 Å². The zero-order chi connectivity index (χ0) is 19.2. The summed E-state index contributed by atoms with van der Waals surface area (Å²) in [7, 11) is 0. The van der Waals surface area contributed by atoms with Gasteiger partial charge >= 0.3 is 12.4 Å². The van der Waals surface area contributed by atoms with Crippen molar-refractivity contribution >= 4 is 0 Å². The van der Waals surface area contributed by atoms with Crippen LogP contribution in [-0.4, -0.2) is 12.4 Å². The standard InChI is InChI=1S/C20H20F6/c21-19(22,23)13-11-17(15-7-3-1-4-8-15)18(12-14-20(24,25)26)16-9-5-2-6-10-16/h1-10,17-18H,11-14H2. The molecule has 2 rings (SSSR count). The molecule has 0 aliphatic heterocycles. The minimum absolute atomic E-state index is 0.245. The van der Waals surface area contributed by atoms with E-state index < -0.39 is 37.0 Å². The summed E-state index contributed by atoms with van der Waals surface area (Å²) in [5.74, 6) is -1.27. The molecule has 0 heterocycles. The predicted molar refractivity (Wildman–Crippen MR) is 88.9 cm³/mol. The molecule has 0 fully saturated rings. The Morgan fingerprint density at radius 2 is 0.846 bits per heavy atom. The van der Waals surface area contributed by atoms with Crippen LogP contribution >= 0.6 is 0 Å². The van der Waals surface area contributed by atoms with Gasteiger partial charge < -0.3 is 0 Å². The van der Waals surface area contributed by atoms with E-state index in [4.69, 9.17) is 0 Å². The molecule has 2 aromatic rings. The fourth-order valence-corrected chi connectivity index (χ4v) is 3.24. The molecule has 0 N–H and O–H groups in total. The lowest BCUT2D eigenvalue weighted by molar-refractivity contribution is -0.140. The number of rotatable bonds is 7. The van der Waals surface area contributed by atoms with E-state index in [0.717, 1.165) is 0 Å². The highest BCUT2D eigenvalue weighted by molar-refractivity contribution is 5.28. The van der Waals surface area contributed by atoms with Gasteiger partial charge in [0.1, 0.15) is 0 Å². The van der Waals surface area contributed by atoms with Crippen molar-refractivity contribution in [3.63, 3.8) is 0 Å². The maximum absolute atomic E-state index is 12.8. The minimum Gasteiger partial charge on any atom is -0.171 e. The van der Waals surface area contributed by atoms with Crippen LogP contribution in [0, 0.1) is 0 Å². The van der Waals surface area contributed by atoms with Crippen molar-refractivity contribution in [1.82, 2.24) is 0 Å². The molecule has 6 heteroatoms. The third-order valence-electron chi connectivity index (χ3n) is 4.42. The van der Waals surface area contributed by atoms with Crippen molar-refractivity contribution in [3.8, 4) is 0 Å². The first-order chi connectivity index (χ1) is 12.2. The van der Waals surface area contributed by atoms with Crippen LogP contribution in [-0.2, 0) is 0 Å². The normalized spacial score (nSPS) is 14.8. The van der Waals surface area contributed by atoms with Crippen LogP contribution < -0.4 is 0 Å². The molecule has 26 heavy (non-hydrogen) atoms. The van der Waals surface area contributed by atoms with Gasteiger partial charge in [0.15, 0.2) is 0 Å². The number of hydrogen-bond donors (Lipinski definition) is 0. The van der Waals surface area contributed by atoms with Gasteiger partial charge in [-0.05, 0) is 35.8 Å². The molecule has 0 aliphatic rings. The average Bonchev–Trinajstić information content (AvgIpc) is 2.57. The van der Waals surface area contributed by atoms with Gasteiger partial charge in [-0.15, -0.1) is 0 Å².